The van der Waals surface area contributed by atoms with Crippen LogP contribution in [0.15, 0.2) is 0 Å². The summed E-state index contributed by atoms with van der Waals surface area (Å²) in [5, 5.41) is 3.57. The maximum Gasteiger partial charge on any atom is 0.0593 e. The summed E-state index contributed by atoms with van der Waals surface area (Å²) in [6.45, 7) is 10.7. The standard InChI is InChI=1S/C16H34N2O/c1-5-17-15-6-8-16(9-7-15)18(4)11-13-19-12-10-14(2)3/h14-17H,5-13H2,1-4H3. The van der Waals surface area contributed by atoms with E-state index in [0.29, 0.717) is 0 Å². The van der Waals surface area contributed by atoms with Gasteiger partial charge < -0.3 is 15.0 Å². The van der Waals surface area contributed by atoms with Crippen molar-refractivity contribution < 1.29 is 4.74 Å². The topological polar surface area (TPSA) is 24.5 Å². The van der Waals surface area contributed by atoms with Crippen LogP contribution in [0.5, 0.6) is 0 Å². The van der Waals surface area contributed by atoms with Crippen molar-refractivity contribution in [3.8, 4) is 0 Å². The van der Waals surface area contributed by atoms with Gasteiger partial charge in [0.2, 0.25) is 0 Å². The van der Waals surface area contributed by atoms with E-state index in [9.17, 15) is 0 Å². The number of hydrogen-bond acceptors (Lipinski definition) is 3. The molecule has 1 rings (SSSR count). The van der Waals surface area contributed by atoms with Crippen molar-refractivity contribution in [2.24, 2.45) is 5.92 Å². The second-order valence-electron chi connectivity index (χ2n) is 6.34. The van der Waals surface area contributed by atoms with Crippen LogP contribution in [0.3, 0.4) is 0 Å². The van der Waals surface area contributed by atoms with Crippen molar-refractivity contribution in [2.75, 3.05) is 33.4 Å². The van der Waals surface area contributed by atoms with Gasteiger partial charge in [0.15, 0.2) is 0 Å². The molecule has 1 aliphatic rings. The van der Waals surface area contributed by atoms with E-state index in [1.54, 1.807) is 0 Å². The summed E-state index contributed by atoms with van der Waals surface area (Å²) in [6, 6.07) is 1.53. The summed E-state index contributed by atoms with van der Waals surface area (Å²) in [7, 11) is 2.25. The van der Waals surface area contributed by atoms with Crippen molar-refractivity contribution in [3.05, 3.63) is 0 Å². The van der Waals surface area contributed by atoms with Crippen molar-refractivity contribution in [2.45, 2.75) is 65.0 Å². The Hall–Kier alpha value is -0.120. The molecule has 3 nitrogen and oxygen atoms in total. The molecular weight excluding hydrogens is 236 g/mol. The Balaban J connectivity index is 2.05. The highest BCUT2D eigenvalue weighted by molar-refractivity contribution is 4.81. The highest BCUT2D eigenvalue weighted by Crippen LogP contribution is 2.22. The minimum absolute atomic E-state index is 0.749. The molecule has 114 valence electrons. The van der Waals surface area contributed by atoms with Crippen molar-refractivity contribution in [3.63, 3.8) is 0 Å². The monoisotopic (exact) mass is 270 g/mol. The van der Waals surface area contributed by atoms with Gasteiger partial charge in [0, 0.05) is 25.2 Å². The molecule has 0 heterocycles. The van der Waals surface area contributed by atoms with Crippen LogP contribution in [0.25, 0.3) is 0 Å². The third-order valence-corrected chi connectivity index (χ3v) is 4.24. The average Bonchev–Trinajstić information content (AvgIpc) is 2.39. The van der Waals surface area contributed by atoms with Gasteiger partial charge in [-0.25, -0.2) is 0 Å². The molecule has 0 aliphatic heterocycles. The summed E-state index contributed by atoms with van der Waals surface area (Å²) in [5.41, 5.74) is 0. The van der Waals surface area contributed by atoms with Crippen molar-refractivity contribution >= 4 is 0 Å². The van der Waals surface area contributed by atoms with Crippen LogP contribution in [-0.2, 0) is 4.74 Å². The zero-order chi connectivity index (χ0) is 14.1. The van der Waals surface area contributed by atoms with Gasteiger partial charge in [0.25, 0.3) is 0 Å². The fraction of sp³-hybridized carbons (Fsp3) is 1.00. The van der Waals surface area contributed by atoms with Crippen LogP contribution < -0.4 is 5.32 Å². The minimum atomic E-state index is 0.749. The molecule has 0 saturated heterocycles. The summed E-state index contributed by atoms with van der Waals surface area (Å²) in [5.74, 6) is 0.749. The molecule has 0 radical (unpaired) electrons. The maximum absolute atomic E-state index is 5.71. The number of nitrogens with one attached hydrogen (secondary N) is 1. The Morgan fingerprint density at radius 3 is 2.42 bits per heavy atom. The first-order valence-electron chi connectivity index (χ1n) is 8.14. The van der Waals surface area contributed by atoms with E-state index in [0.717, 1.165) is 44.3 Å². The summed E-state index contributed by atoms with van der Waals surface area (Å²) in [4.78, 5) is 2.50. The SMILES string of the molecule is CCNC1CCC(N(C)CCOCCC(C)C)CC1. The Morgan fingerprint density at radius 1 is 1.16 bits per heavy atom. The number of rotatable bonds is 9. The molecule has 1 fully saturated rings. The molecule has 0 aromatic rings. The number of nitrogens with zero attached hydrogens (tertiary/aromatic N) is 1. The smallest absolute Gasteiger partial charge is 0.0593 e. The van der Waals surface area contributed by atoms with E-state index in [1.165, 1.54) is 32.1 Å². The molecule has 19 heavy (non-hydrogen) atoms. The molecule has 0 aromatic heterocycles. The molecule has 0 aromatic carbocycles. The molecule has 3 heteroatoms. The molecule has 0 unspecified atom stereocenters. The number of hydrogen-bond donors (Lipinski definition) is 1. The fourth-order valence-electron chi connectivity index (χ4n) is 2.82. The van der Waals surface area contributed by atoms with Crippen LogP contribution in [0.4, 0.5) is 0 Å². The van der Waals surface area contributed by atoms with Gasteiger partial charge in [-0.3, -0.25) is 0 Å². The Kier molecular flexibility index (Phi) is 8.67. The van der Waals surface area contributed by atoms with Crippen molar-refractivity contribution in [1.29, 1.82) is 0 Å². The summed E-state index contributed by atoms with van der Waals surface area (Å²) >= 11 is 0. The lowest BCUT2D eigenvalue weighted by molar-refractivity contribution is 0.0815. The average molecular weight is 270 g/mol. The lowest BCUT2D eigenvalue weighted by Crippen LogP contribution is -2.41. The molecule has 1 aliphatic carbocycles. The van der Waals surface area contributed by atoms with Gasteiger partial charge in [0.1, 0.15) is 0 Å². The molecular formula is C16H34N2O. The third kappa shape index (κ3) is 7.28. The van der Waals surface area contributed by atoms with Crippen LogP contribution in [-0.4, -0.2) is 50.3 Å². The maximum atomic E-state index is 5.71. The Bertz CT molecular complexity index is 213. The van der Waals surface area contributed by atoms with Gasteiger partial charge in [-0.05, 0) is 51.6 Å². The van der Waals surface area contributed by atoms with Crippen LogP contribution in [0, 0.1) is 5.92 Å². The predicted molar refractivity (Wildman–Crippen MR) is 82.6 cm³/mol. The molecule has 0 spiro atoms. The zero-order valence-corrected chi connectivity index (χ0v) is 13.5. The predicted octanol–water partition coefficient (Wildman–Crippen LogP) is 2.90. The van der Waals surface area contributed by atoms with Gasteiger partial charge >= 0.3 is 0 Å². The molecule has 0 bridgehead atoms. The second-order valence-corrected chi connectivity index (χ2v) is 6.34. The Morgan fingerprint density at radius 2 is 1.84 bits per heavy atom. The van der Waals surface area contributed by atoms with Gasteiger partial charge in [-0.15, -0.1) is 0 Å². The van der Waals surface area contributed by atoms with Crippen molar-refractivity contribution in [1.82, 2.24) is 10.2 Å². The van der Waals surface area contributed by atoms with Crippen LogP contribution >= 0.6 is 0 Å². The fourth-order valence-corrected chi connectivity index (χ4v) is 2.82. The summed E-state index contributed by atoms with van der Waals surface area (Å²) in [6.07, 6.45) is 6.51. The van der Waals surface area contributed by atoms with E-state index in [-0.39, 0.29) is 0 Å². The van der Waals surface area contributed by atoms with E-state index in [2.05, 4.69) is 38.0 Å². The lowest BCUT2D eigenvalue weighted by atomic mass is 9.90. The molecule has 1 saturated carbocycles. The van der Waals surface area contributed by atoms with E-state index in [4.69, 9.17) is 4.74 Å². The lowest BCUT2D eigenvalue weighted by Gasteiger charge is -2.34. The van der Waals surface area contributed by atoms with Gasteiger partial charge in [0.05, 0.1) is 6.61 Å². The molecule has 0 atom stereocenters. The first-order valence-corrected chi connectivity index (χ1v) is 8.14. The minimum Gasteiger partial charge on any atom is -0.380 e. The van der Waals surface area contributed by atoms with Crippen LogP contribution in [0.2, 0.25) is 0 Å². The zero-order valence-electron chi connectivity index (χ0n) is 13.5. The second kappa shape index (κ2) is 9.73. The molecule has 1 N–H and O–H groups in total. The first kappa shape index (κ1) is 16.9. The largest absolute Gasteiger partial charge is 0.380 e. The van der Waals surface area contributed by atoms with Gasteiger partial charge in [-0.1, -0.05) is 20.8 Å². The van der Waals surface area contributed by atoms with Gasteiger partial charge in [-0.2, -0.15) is 0 Å². The quantitative estimate of drug-likeness (QED) is 0.652. The van der Waals surface area contributed by atoms with E-state index < -0.39 is 0 Å². The van der Waals surface area contributed by atoms with E-state index >= 15 is 0 Å². The number of ether oxygens (including phenoxy) is 1. The summed E-state index contributed by atoms with van der Waals surface area (Å²) < 4.78 is 5.71. The normalized spacial score (nSPS) is 24.3. The van der Waals surface area contributed by atoms with Crippen LogP contribution in [0.1, 0.15) is 52.9 Å². The third-order valence-electron chi connectivity index (χ3n) is 4.24. The highest BCUT2D eigenvalue weighted by Gasteiger charge is 2.22. The first-order chi connectivity index (χ1) is 9.13. The number of likely N-dealkylation sites (N-methyl/N-ethyl adjacent to an activating group) is 1. The highest BCUT2D eigenvalue weighted by atomic mass is 16.5. The van der Waals surface area contributed by atoms with E-state index in [1.807, 2.05) is 0 Å². The Labute approximate surface area is 120 Å². The molecule has 0 amide bonds.